The van der Waals surface area contributed by atoms with Crippen LogP contribution in [0, 0.1) is 6.92 Å². The van der Waals surface area contributed by atoms with E-state index >= 15 is 0 Å². The first-order valence-electron chi connectivity index (χ1n) is 11.5. The number of methoxy groups -OCH3 is 2. The van der Waals surface area contributed by atoms with Gasteiger partial charge < -0.3 is 14.2 Å². The summed E-state index contributed by atoms with van der Waals surface area (Å²) in [7, 11) is -1.18. The number of ether oxygens (including phenoxy) is 3. The lowest BCUT2D eigenvalue weighted by Crippen LogP contribution is -2.39. The molecule has 0 spiro atoms. The number of amides is 1. The molecule has 3 aromatic rings. The third-order valence-corrected chi connectivity index (χ3v) is 7.99. The van der Waals surface area contributed by atoms with Gasteiger partial charge in [0.1, 0.15) is 18.9 Å². The van der Waals surface area contributed by atoms with Crippen LogP contribution in [0.2, 0.25) is 5.02 Å². The highest BCUT2D eigenvalue weighted by Crippen LogP contribution is 2.36. The van der Waals surface area contributed by atoms with Crippen LogP contribution < -0.4 is 23.9 Å². The van der Waals surface area contributed by atoms with Crippen LogP contribution >= 0.6 is 27.5 Å². The van der Waals surface area contributed by atoms with Gasteiger partial charge in [-0.1, -0.05) is 42.0 Å². The number of nitrogens with zero attached hydrogens (tertiary/aromatic N) is 2. The summed E-state index contributed by atoms with van der Waals surface area (Å²) in [5, 5.41) is 4.17. The maximum absolute atomic E-state index is 13.6. The van der Waals surface area contributed by atoms with Gasteiger partial charge in [0.15, 0.2) is 11.5 Å². The van der Waals surface area contributed by atoms with E-state index in [1.807, 2.05) is 6.92 Å². The summed E-state index contributed by atoms with van der Waals surface area (Å²) in [6, 6.07) is 14.2. The molecule has 206 valence electrons. The number of anilines is 1. The van der Waals surface area contributed by atoms with Crippen LogP contribution in [-0.4, -0.2) is 47.9 Å². The number of halogens is 2. The molecule has 0 aliphatic carbocycles. The Kier molecular flexibility index (Phi) is 10.4. The average Bonchev–Trinajstić information content (AvgIpc) is 2.91. The van der Waals surface area contributed by atoms with Gasteiger partial charge in [-0.25, -0.2) is 13.8 Å². The fraction of sp³-hybridized carbons (Fsp3) is 0.185. The Hall–Kier alpha value is -3.54. The van der Waals surface area contributed by atoms with Crippen LogP contribution in [0.25, 0.3) is 0 Å². The molecular weight excluding hydrogens is 610 g/mol. The molecule has 39 heavy (non-hydrogen) atoms. The molecule has 0 atom stereocenters. The van der Waals surface area contributed by atoms with Gasteiger partial charge in [-0.3, -0.25) is 9.10 Å². The molecule has 0 bridgehead atoms. The molecule has 1 amide bonds. The fourth-order valence-electron chi connectivity index (χ4n) is 3.40. The molecule has 0 aliphatic heterocycles. The number of hydrogen-bond acceptors (Lipinski definition) is 7. The van der Waals surface area contributed by atoms with Gasteiger partial charge in [0.25, 0.3) is 15.9 Å². The standard InChI is InChI=1S/C27H27BrClN3O6S/c1-5-12-38-27-22(28)13-19(14-25(27)37-4)16-30-31-26(33)17-32(20-8-11-24(36-3)23(29)15-20)39(34,35)21-9-6-18(2)7-10-21/h5-11,13-16H,1,12,17H2,2-4H3,(H,31,33)/b30-16-. The summed E-state index contributed by atoms with van der Waals surface area (Å²) in [5.41, 5.74) is 4.04. The van der Waals surface area contributed by atoms with E-state index in [1.54, 1.807) is 30.3 Å². The van der Waals surface area contributed by atoms with Crippen LogP contribution in [0.1, 0.15) is 11.1 Å². The SMILES string of the molecule is C=CCOc1c(Br)cc(/C=N\NC(=O)CN(c2ccc(OC)c(Cl)c2)S(=O)(=O)c2ccc(C)cc2)cc1OC. The van der Waals surface area contributed by atoms with Gasteiger partial charge in [-0.05, 0) is 70.9 Å². The van der Waals surface area contributed by atoms with Crippen molar-refractivity contribution in [2.45, 2.75) is 11.8 Å². The average molecular weight is 637 g/mol. The highest BCUT2D eigenvalue weighted by molar-refractivity contribution is 9.10. The number of nitrogens with one attached hydrogen (secondary N) is 1. The van der Waals surface area contributed by atoms with Crippen molar-refractivity contribution in [3.05, 3.63) is 87.9 Å². The fourth-order valence-corrected chi connectivity index (χ4v) is 5.64. The maximum atomic E-state index is 13.6. The first-order valence-corrected chi connectivity index (χ1v) is 14.1. The van der Waals surface area contributed by atoms with Crippen LogP contribution in [0.3, 0.4) is 0 Å². The van der Waals surface area contributed by atoms with E-state index in [9.17, 15) is 13.2 Å². The summed E-state index contributed by atoms with van der Waals surface area (Å²) in [6.07, 6.45) is 3.00. The molecule has 0 saturated carbocycles. The van der Waals surface area contributed by atoms with Gasteiger partial charge >= 0.3 is 0 Å². The molecule has 0 aromatic heterocycles. The third kappa shape index (κ3) is 7.53. The largest absolute Gasteiger partial charge is 0.495 e. The van der Waals surface area contributed by atoms with E-state index in [4.69, 9.17) is 25.8 Å². The highest BCUT2D eigenvalue weighted by atomic mass is 79.9. The third-order valence-electron chi connectivity index (χ3n) is 5.32. The summed E-state index contributed by atoms with van der Waals surface area (Å²) in [4.78, 5) is 12.9. The van der Waals surface area contributed by atoms with E-state index in [1.165, 1.54) is 50.8 Å². The van der Waals surface area contributed by atoms with Gasteiger partial charge in [-0.2, -0.15) is 5.10 Å². The number of rotatable bonds is 12. The van der Waals surface area contributed by atoms with Crippen LogP contribution in [-0.2, 0) is 14.8 Å². The van der Waals surface area contributed by atoms with E-state index in [2.05, 4.69) is 33.0 Å². The number of benzene rings is 3. The number of carbonyl (C=O) groups excluding carboxylic acids is 1. The lowest BCUT2D eigenvalue weighted by molar-refractivity contribution is -0.119. The molecule has 0 aliphatic rings. The minimum atomic E-state index is -4.13. The zero-order valence-electron chi connectivity index (χ0n) is 21.5. The van der Waals surface area contributed by atoms with Gasteiger partial charge in [0, 0.05) is 0 Å². The molecule has 12 heteroatoms. The summed E-state index contributed by atoms with van der Waals surface area (Å²) >= 11 is 9.69. The Bertz CT molecular complexity index is 1480. The molecule has 0 unspecified atom stereocenters. The predicted octanol–water partition coefficient (Wildman–Crippen LogP) is 5.34. The zero-order chi connectivity index (χ0) is 28.6. The van der Waals surface area contributed by atoms with Crippen LogP contribution in [0.15, 0.2) is 81.7 Å². The first kappa shape index (κ1) is 30.0. The van der Waals surface area contributed by atoms with Crippen molar-refractivity contribution in [1.29, 1.82) is 0 Å². The van der Waals surface area contributed by atoms with Crippen molar-refractivity contribution in [2.75, 3.05) is 31.7 Å². The monoisotopic (exact) mass is 635 g/mol. The van der Waals surface area contributed by atoms with Crippen molar-refractivity contribution in [1.82, 2.24) is 5.43 Å². The first-order chi connectivity index (χ1) is 18.6. The Morgan fingerprint density at radius 1 is 1.10 bits per heavy atom. The normalized spacial score (nSPS) is 11.2. The molecule has 1 N–H and O–H groups in total. The van der Waals surface area contributed by atoms with Crippen molar-refractivity contribution in [3.8, 4) is 17.2 Å². The van der Waals surface area contributed by atoms with E-state index in [0.29, 0.717) is 33.9 Å². The molecule has 3 aromatic carbocycles. The van der Waals surface area contributed by atoms with E-state index < -0.39 is 22.5 Å². The lowest BCUT2D eigenvalue weighted by atomic mass is 10.2. The van der Waals surface area contributed by atoms with Gasteiger partial charge in [0.2, 0.25) is 0 Å². The number of sulfonamides is 1. The molecule has 3 rings (SSSR count). The minimum Gasteiger partial charge on any atom is -0.495 e. The topological polar surface area (TPSA) is 107 Å². The maximum Gasteiger partial charge on any atom is 0.264 e. The highest BCUT2D eigenvalue weighted by Gasteiger charge is 2.28. The second kappa shape index (κ2) is 13.5. The minimum absolute atomic E-state index is 0.0204. The number of hydrazone groups is 1. The zero-order valence-corrected chi connectivity index (χ0v) is 24.6. The quantitative estimate of drug-likeness (QED) is 0.164. The molecule has 0 heterocycles. The van der Waals surface area contributed by atoms with E-state index in [0.717, 1.165) is 9.87 Å². The number of hydrogen-bond donors (Lipinski definition) is 1. The second-order valence-corrected chi connectivity index (χ2v) is 11.2. The summed E-state index contributed by atoms with van der Waals surface area (Å²) in [6.45, 7) is 5.21. The van der Waals surface area contributed by atoms with Gasteiger partial charge in [-0.15, -0.1) is 0 Å². The smallest absolute Gasteiger partial charge is 0.264 e. The lowest BCUT2D eigenvalue weighted by Gasteiger charge is -2.24. The van der Waals surface area contributed by atoms with E-state index in [-0.39, 0.29) is 15.6 Å². The Morgan fingerprint density at radius 3 is 2.41 bits per heavy atom. The second-order valence-electron chi connectivity index (χ2n) is 8.07. The molecule has 0 saturated heterocycles. The van der Waals surface area contributed by atoms with Crippen molar-refractivity contribution in [3.63, 3.8) is 0 Å². The van der Waals surface area contributed by atoms with Crippen molar-refractivity contribution < 1.29 is 27.4 Å². The van der Waals surface area contributed by atoms with Crippen molar-refractivity contribution in [2.24, 2.45) is 5.10 Å². The number of aryl methyl sites for hydroxylation is 1. The molecule has 0 radical (unpaired) electrons. The van der Waals surface area contributed by atoms with Crippen LogP contribution in [0.5, 0.6) is 17.2 Å². The molecular formula is C27H27BrClN3O6S. The molecule has 9 nitrogen and oxygen atoms in total. The van der Waals surface area contributed by atoms with Crippen LogP contribution in [0.4, 0.5) is 5.69 Å². The summed E-state index contributed by atoms with van der Waals surface area (Å²) in [5.74, 6) is 0.634. The molecule has 0 fully saturated rings. The van der Waals surface area contributed by atoms with Crippen molar-refractivity contribution >= 4 is 55.4 Å². The summed E-state index contributed by atoms with van der Waals surface area (Å²) < 4.78 is 44.8. The number of carbonyl (C=O) groups is 1. The van der Waals surface area contributed by atoms with Gasteiger partial charge in [0.05, 0.1) is 40.5 Å². The Morgan fingerprint density at radius 2 is 1.79 bits per heavy atom. The Balaban J connectivity index is 1.85. The Labute approximate surface area is 241 Å². The predicted molar refractivity (Wildman–Crippen MR) is 156 cm³/mol.